The van der Waals surface area contributed by atoms with Crippen LogP contribution in [0.25, 0.3) is 6.08 Å². The fraction of sp³-hybridized carbons (Fsp3) is 0.167. The van der Waals surface area contributed by atoms with Crippen molar-refractivity contribution in [1.29, 1.82) is 0 Å². The SMILES string of the molecule is COc1ccc(NC(=O)/C=C/c2ccc(C(F)(F)F)cc2)cc1OC. The lowest BCUT2D eigenvalue weighted by Gasteiger charge is -2.09. The van der Waals surface area contributed by atoms with Crippen LogP contribution in [0.3, 0.4) is 0 Å². The van der Waals surface area contributed by atoms with Crippen molar-refractivity contribution in [1.82, 2.24) is 0 Å². The highest BCUT2D eigenvalue weighted by atomic mass is 19.4. The van der Waals surface area contributed by atoms with Crippen molar-refractivity contribution in [2.24, 2.45) is 0 Å². The first-order valence-electron chi connectivity index (χ1n) is 7.22. The Hall–Kier alpha value is -2.96. The number of rotatable bonds is 5. The van der Waals surface area contributed by atoms with E-state index in [0.717, 1.165) is 12.1 Å². The minimum Gasteiger partial charge on any atom is -0.493 e. The van der Waals surface area contributed by atoms with Gasteiger partial charge in [-0.1, -0.05) is 12.1 Å². The van der Waals surface area contributed by atoms with Gasteiger partial charge in [0, 0.05) is 17.8 Å². The monoisotopic (exact) mass is 351 g/mol. The predicted molar refractivity (Wildman–Crippen MR) is 88.7 cm³/mol. The lowest BCUT2D eigenvalue weighted by molar-refractivity contribution is -0.137. The Morgan fingerprint density at radius 2 is 1.64 bits per heavy atom. The van der Waals surface area contributed by atoms with E-state index in [4.69, 9.17) is 9.47 Å². The van der Waals surface area contributed by atoms with Crippen molar-refractivity contribution >= 4 is 17.7 Å². The molecule has 0 heterocycles. The van der Waals surface area contributed by atoms with Crippen LogP contribution in [0.5, 0.6) is 11.5 Å². The summed E-state index contributed by atoms with van der Waals surface area (Å²) in [5, 5.41) is 2.63. The van der Waals surface area contributed by atoms with E-state index < -0.39 is 17.6 Å². The van der Waals surface area contributed by atoms with Gasteiger partial charge < -0.3 is 14.8 Å². The predicted octanol–water partition coefficient (Wildman–Crippen LogP) is 4.37. The third kappa shape index (κ3) is 5.00. The maximum absolute atomic E-state index is 12.5. The highest BCUT2D eigenvalue weighted by Gasteiger charge is 2.29. The van der Waals surface area contributed by atoms with Gasteiger partial charge in [0.25, 0.3) is 0 Å². The van der Waals surface area contributed by atoms with Crippen LogP contribution in [-0.4, -0.2) is 20.1 Å². The zero-order valence-electron chi connectivity index (χ0n) is 13.6. The molecule has 1 N–H and O–H groups in total. The zero-order chi connectivity index (χ0) is 18.4. The molecule has 1 amide bonds. The topological polar surface area (TPSA) is 47.6 Å². The average Bonchev–Trinajstić information content (AvgIpc) is 2.59. The average molecular weight is 351 g/mol. The first-order chi connectivity index (χ1) is 11.8. The molecule has 25 heavy (non-hydrogen) atoms. The van der Waals surface area contributed by atoms with Gasteiger partial charge in [-0.15, -0.1) is 0 Å². The number of nitrogens with one attached hydrogen (secondary N) is 1. The minimum absolute atomic E-state index is 0.424. The molecule has 0 aromatic heterocycles. The van der Waals surface area contributed by atoms with Crippen LogP contribution < -0.4 is 14.8 Å². The molecule has 0 aliphatic carbocycles. The lowest BCUT2D eigenvalue weighted by atomic mass is 10.1. The molecule has 2 rings (SSSR count). The second-order valence-corrected chi connectivity index (χ2v) is 5.01. The largest absolute Gasteiger partial charge is 0.493 e. The number of hydrogen-bond acceptors (Lipinski definition) is 3. The van der Waals surface area contributed by atoms with Gasteiger partial charge >= 0.3 is 6.18 Å². The smallest absolute Gasteiger partial charge is 0.416 e. The quantitative estimate of drug-likeness (QED) is 0.814. The third-order valence-corrected chi connectivity index (χ3v) is 3.32. The van der Waals surface area contributed by atoms with Crippen molar-refractivity contribution in [3.8, 4) is 11.5 Å². The van der Waals surface area contributed by atoms with E-state index in [2.05, 4.69) is 5.32 Å². The molecule has 0 radical (unpaired) electrons. The summed E-state index contributed by atoms with van der Waals surface area (Å²) in [7, 11) is 2.98. The Morgan fingerprint density at radius 1 is 1.00 bits per heavy atom. The number of anilines is 1. The van der Waals surface area contributed by atoms with Gasteiger partial charge in [-0.05, 0) is 35.9 Å². The Bertz CT molecular complexity index is 768. The number of carbonyl (C=O) groups is 1. The maximum Gasteiger partial charge on any atom is 0.416 e. The summed E-state index contributed by atoms with van der Waals surface area (Å²) in [6.07, 6.45) is -1.72. The van der Waals surface area contributed by atoms with Gasteiger partial charge in [-0.25, -0.2) is 0 Å². The summed E-state index contributed by atoms with van der Waals surface area (Å²) in [5.41, 5.74) is 0.245. The van der Waals surface area contributed by atoms with E-state index in [-0.39, 0.29) is 0 Å². The molecule has 0 spiro atoms. The highest BCUT2D eigenvalue weighted by molar-refractivity contribution is 6.02. The van der Waals surface area contributed by atoms with Crippen molar-refractivity contribution in [2.75, 3.05) is 19.5 Å². The van der Waals surface area contributed by atoms with Gasteiger partial charge in [0.05, 0.1) is 19.8 Å². The summed E-state index contributed by atoms with van der Waals surface area (Å²) in [5.74, 6) is 0.569. The molecule has 0 saturated carbocycles. The van der Waals surface area contributed by atoms with E-state index >= 15 is 0 Å². The molecule has 7 heteroatoms. The normalized spacial score (nSPS) is 11.4. The van der Waals surface area contributed by atoms with Gasteiger partial charge in [-0.3, -0.25) is 4.79 Å². The van der Waals surface area contributed by atoms with Crippen LogP contribution in [0.15, 0.2) is 48.5 Å². The van der Waals surface area contributed by atoms with E-state index in [9.17, 15) is 18.0 Å². The van der Waals surface area contributed by atoms with E-state index in [1.807, 2.05) is 0 Å². The minimum atomic E-state index is -4.38. The highest BCUT2D eigenvalue weighted by Crippen LogP contribution is 2.30. The van der Waals surface area contributed by atoms with Crippen LogP contribution in [-0.2, 0) is 11.0 Å². The van der Waals surface area contributed by atoms with Crippen LogP contribution >= 0.6 is 0 Å². The van der Waals surface area contributed by atoms with Gasteiger partial charge in [0.1, 0.15) is 0 Å². The Kier molecular flexibility index (Phi) is 5.69. The van der Waals surface area contributed by atoms with Crippen molar-refractivity contribution in [2.45, 2.75) is 6.18 Å². The number of amides is 1. The fourth-order valence-electron chi connectivity index (χ4n) is 2.05. The Labute approximate surface area is 142 Å². The molecule has 0 unspecified atom stereocenters. The number of halogens is 3. The second-order valence-electron chi connectivity index (χ2n) is 5.01. The Balaban J connectivity index is 2.03. The van der Waals surface area contributed by atoms with Crippen LogP contribution in [0.4, 0.5) is 18.9 Å². The Morgan fingerprint density at radius 3 is 2.20 bits per heavy atom. The summed E-state index contributed by atoms with van der Waals surface area (Å²) in [6, 6.07) is 9.41. The first kappa shape index (κ1) is 18.4. The summed E-state index contributed by atoms with van der Waals surface area (Å²) >= 11 is 0. The van der Waals surface area contributed by atoms with Crippen molar-refractivity contribution in [3.63, 3.8) is 0 Å². The third-order valence-electron chi connectivity index (χ3n) is 3.32. The fourth-order valence-corrected chi connectivity index (χ4v) is 2.05. The van der Waals surface area contributed by atoms with E-state index in [0.29, 0.717) is 22.7 Å². The molecule has 0 saturated heterocycles. The number of alkyl halides is 3. The molecule has 2 aromatic carbocycles. The second kappa shape index (κ2) is 7.74. The number of hydrogen-bond donors (Lipinski definition) is 1. The zero-order valence-corrected chi connectivity index (χ0v) is 13.6. The van der Waals surface area contributed by atoms with Crippen molar-refractivity contribution in [3.05, 3.63) is 59.7 Å². The summed E-state index contributed by atoms with van der Waals surface area (Å²) < 4.78 is 47.7. The molecule has 0 atom stereocenters. The molecule has 0 aliphatic rings. The first-order valence-corrected chi connectivity index (χ1v) is 7.22. The van der Waals surface area contributed by atoms with Crippen LogP contribution in [0.1, 0.15) is 11.1 Å². The standard InChI is InChI=1S/C18H16F3NO3/c1-24-15-9-8-14(11-16(15)25-2)22-17(23)10-5-12-3-6-13(7-4-12)18(19,20)21/h3-11H,1-2H3,(H,22,23)/b10-5+. The van der Waals surface area contributed by atoms with Crippen LogP contribution in [0, 0.1) is 0 Å². The molecule has 0 fully saturated rings. The molecule has 132 valence electrons. The summed E-state index contributed by atoms with van der Waals surface area (Å²) in [6.45, 7) is 0. The van der Waals surface area contributed by atoms with E-state index in [1.54, 1.807) is 18.2 Å². The summed E-state index contributed by atoms with van der Waals surface area (Å²) in [4.78, 5) is 11.9. The van der Waals surface area contributed by atoms with Gasteiger partial charge in [-0.2, -0.15) is 13.2 Å². The number of methoxy groups -OCH3 is 2. The molecule has 2 aromatic rings. The lowest BCUT2D eigenvalue weighted by Crippen LogP contribution is -2.08. The molecule has 0 aliphatic heterocycles. The molecular formula is C18H16F3NO3. The number of ether oxygens (including phenoxy) is 2. The van der Waals surface area contributed by atoms with Gasteiger partial charge in [0.15, 0.2) is 11.5 Å². The van der Waals surface area contributed by atoms with Crippen molar-refractivity contribution < 1.29 is 27.4 Å². The number of carbonyl (C=O) groups excluding carboxylic acids is 1. The van der Waals surface area contributed by atoms with Crippen LogP contribution in [0.2, 0.25) is 0 Å². The van der Waals surface area contributed by atoms with Gasteiger partial charge in [0.2, 0.25) is 5.91 Å². The van der Waals surface area contributed by atoms with E-state index in [1.165, 1.54) is 38.5 Å². The molecular weight excluding hydrogens is 335 g/mol. The molecule has 0 bridgehead atoms. The molecule has 4 nitrogen and oxygen atoms in total. The maximum atomic E-state index is 12.5. The number of benzene rings is 2.